The minimum absolute atomic E-state index is 0.152. The van der Waals surface area contributed by atoms with Gasteiger partial charge in [0.1, 0.15) is 12.3 Å². The van der Waals surface area contributed by atoms with E-state index in [9.17, 15) is 4.39 Å². The highest BCUT2D eigenvalue weighted by Gasteiger charge is 2.16. The molecule has 1 aromatic heterocycles. The van der Waals surface area contributed by atoms with Crippen LogP contribution in [-0.2, 0) is 6.61 Å². The van der Waals surface area contributed by atoms with Gasteiger partial charge in [0.05, 0.1) is 5.02 Å². The van der Waals surface area contributed by atoms with Crippen LogP contribution in [0.4, 0.5) is 10.1 Å². The molecule has 0 amide bonds. The number of rotatable bonds is 4. The van der Waals surface area contributed by atoms with Crippen molar-refractivity contribution in [3.63, 3.8) is 0 Å². The monoisotopic (exact) mass is 286 g/mol. The third kappa shape index (κ3) is 2.75. The van der Waals surface area contributed by atoms with E-state index in [1.165, 1.54) is 19.2 Å². The second-order valence-electron chi connectivity index (χ2n) is 3.69. The second-order valence-corrected chi connectivity index (χ2v) is 5.13. The summed E-state index contributed by atoms with van der Waals surface area (Å²) in [6.07, 6.45) is 0. The molecule has 1 aromatic carbocycles. The molecule has 2 aromatic rings. The molecule has 0 unspecified atom stereocenters. The molecule has 0 bridgehead atoms. The van der Waals surface area contributed by atoms with Gasteiger partial charge in [-0.15, -0.1) is 11.3 Å². The highest BCUT2D eigenvalue weighted by Crippen LogP contribution is 2.37. The molecule has 2 rings (SSSR count). The molecule has 0 spiro atoms. The molecule has 0 aliphatic carbocycles. The van der Waals surface area contributed by atoms with E-state index in [4.69, 9.17) is 22.2 Å². The molecule has 0 aliphatic heterocycles. The van der Waals surface area contributed by atoms with Crippen LogP contribution in [0.5, 0.6) is 5.75 Å². The lowest BCUT2D eigenvalue weighted by molar-refractivity contribution is 0.309. The Kier molecular flexibility index (Phi) is 4.06. The minimum Gasteiger partial charge on any atom is -0.484 e. The van der Waals surface area contributed by atoms with Crippen LogP contribution >= 0.6 is 22.9 Å². The van der Waals surface area contributed by atoms with Crippen molar-refractivity contribution in [3.8, 4) is 5.75 Å². The highest BCUT2D eigenvalue weighted by molar-refractivity contribution is 7.09. The molecule has 0 saturated carbocycles. The van der Waals surface area contributed by atoms with Gasteiger partial charge in [0.25, 0.3) is 0 Å². The Morgan fingerprint density at radius 3 is 2.83 bits per heavy atom. The molecule has 3 nitrogen and oxygen atoms in total. The Balaban J connectivity index is 2.28. The van der Waals surface area contributed by atoms with Crippen LogP contribution in [0.2, 0.25) is 5.02 Å². The van der Waals surface area contributed by atoms with Crippen LogP contribution in [0.15, 0.2) is 29.6 Å². The largest absolute Gasteiger partial charge is 0.484 e. The van der Waals surface area contributed by atoms with Crippen LogP contribution in [0, 0.1) is 5.82 Å². The number of hydrogen-bond acceptors (Lipinski definition) is 4. The minimum atomic E-state index is -0.467. The standard InChI is InChI=1S/C12H12ClFN2OS/c1-16(15)11-10(14)5-4-9(13)12(11)17-7-8-3-2-6-18-8/h2-6H,7,15H2,1H3. The van der Waals surface area contributed by atoms with Gasteiger partial charge in [-0.3, -0.25) is 0 Å². The quantitative estimate of drug-likeness (QED) is 0.691. The number of ether oxygens (including phenoxy) is 1. The van der Waals surface area contributed by atoms with E-state index in [0.717, 1.165) is 9.89 Å². The number of benzene rings is 1. The Morgan fingerprint density at radius 1 is 1.44 bits per heavy atom. The maximum atomic E-state index is 13.7. The molecule has 18 heavy (non-hydrogen) atoms. The van der Waals surface area contributed by atoms with Crippen molar-refractivity contribution < 1.29 is 9.13 Å². The molecule has 6 heteroatoms. The first-order valence-electron chi connectivity index (χ1n) is 5.21. The van der Waals surface area contributed by atoms with E-state index in [0.29, 0.717) is 11.6 Å². The van der Waals surface area contributed by atoms with Gasteiger partial charge in [-0.1, -0.05) is 17.7 Å². The molecule has 0 radical (unpaired) electrons. The maximum absolute atomic E-state index is 13.7. The van der Waals surface area contributed by atoms with Crippen LogP contribution in [0.25, 0.3) is 0 Å². The average Bonchev–Trinajstić information content (AvgIpc) is 2.82. The lowest BCUT2D eigenvalue weighted by Gasteiger charge is -2.19. The first-order chi connectivity index (χ1) is 8.59. The van der Waals surface area contributed by atoms with Gasteiger partial charge >= 0.3 is 0 Å². The summed E-state index contributed by atoms with van der Waals surface area (Å²) in [5.74, 6) is 5.38. The Bertz CT molecular complexity index is 531. The second kappa shape index (κ2) is 5.56. The number of thiophene rings is 1. The number of nitrogens with two attached hydrogens (primary N) is 1. The van der Waals surface area contributed by atoms with Gasteiger partial charge in [0, 0.05) is 11.9 Å². The predicted octanol–water partition coefficient (Wildman–Crippen LogP) is 3.43. The number of nitrogens with zero attached hydrogens (tertiary/aromatic N) is 1. The smallest absolute Gasteiger partial charge is 0.166 e. The summed E-state index contributed by atoms with van der Waals surface area (Å²) in [5, 5.41) is 3.44. The van der Waals surface area contributed by atoms with E-state index < -0.39 is 5.82 Å². The normalized spacial score (nSPS) is 10.4. The van der Waals surface area contributed by atoms with E-state index in [1.807, 2.05) is 17.5 Å². The molecular weight excluding hydrogens is 275 g/mol. The van der Waals surface area contributed by atoms with Crippen LogP contribution in [-0.4, -0.2) is 7.05 Å². The third-order valence-electron chi connectivity index (χ3n) is 2.33. The summed E-state index contributed by atoms with van der Waals surface area (Å²) in [6, 6.07) is 6.57. The van der Waals surface area contributed by atoms with Gasteiger partial charge in [-0.25, -0.2) is 10.2 Å². The van der Waals surface area contributed by atoms with Crippen LogP contribution < -0.4 is 15.6 Å². The summed E-state index contributed by atoms with van der Waals surface area (Å²) in [5.41, 5.74) is 0.152. The van der Waals surface area contributed by atoms with E-state index in [2.05, 4.69) is 0 Å². The fourth-order valence-corrected chi connectivity index (χ4v) is 2.35. The molecule has 96 valence electrons. The van der Waals surface area contributed by atoms with Gasteiger partial charge in [-0.05, 0) is 23.6 Å². The van der Waals surface area contributed by atoms with Crippen LogP contribution in [0.3, 0.4) is 0 Å². The molecule has 1 heterocycles. The fourth-order valence-electron chi connectivity index (χ4n) is 1.53. The molecule has 0 saturated heterocycles. The Hall–Kier alpha value is -1.30. The van der Waals surface area contributed by atoms with Crippen molar-refractivity contribution in [1.29, 1.82) is 0 Å². The fraction of sp³-hybridized carbons (Fsp3) is 0.167. The lowest BCUT2D eigenvalue weighted by Crippen LogP contribution is -2.26. The average molecular weight is 287 g/mol. The zero-order valence-electron chi connectivity index (χ0n) is 9.69. The third-order valence-corrected chi connectivity index (χ3v) is 3.47. The summed E-state index contributed by atoms with van der Waals surface area (Å²) >= 11 is 7.57. The summed E-state index contributed by atoms with van der Waals surface area (Å²) in [6.45, 7) is 0.335. The molecule has 0 fully saturated rings. The van der Waals surface area contributed by atoms with Crippen molar-refractivity contribution in [3.05, 3.63) is 45.4 Å². The summed E-state index contributed by atoms with van der Waals surface area (Å²) < 4.78 is 19.3. The maximum Gasteiger partial charge on any atom is 0.166 e. The Labute approximate surface area is 114 Å². The van der Waals surface area contributed by atoms with Crippen molar-refractivity contribution in [1.82, 2.24) is 0 Å². The summed E-state index contributed by atoms with van der Waals surface area (Å²) in [4.78, 5) is 1.03. The molecule has 0 aliphatic rings. The SMILES string of the molecule is CN(N)c1c(F)ccc(Cl)c1OCc1cccs1. The molecule has 2 N–H and O–H groups in total. The van der Waals surface area contributed by atoms with Gasteiger partial charge in [0.2, 0.25) is 0 Å². The zero-order chi connectivity index (χ0) is 13.1. The van der Waals surface area contributed by atoms with E-state index in [-0.39, 0.29) is 11.4 Å². The van der Waals surface area contributed by atoms with Gasteiger partial charge < -0.3 is 9.75 Å². The number of halogens is 2. The number of hydrazine groups is 1. The molecular formula is C12H12ClFN2OS. The van der Waals surface area contributed by atoms with Crippen molar-refractivity contribution in [2.75, 3.05) is 12.1 Å². The Morgan fingerprint density at radius 2 is 2.22 bits per heavy atom. The van der Waals surface area contributed by atoms with Crippen molar-refractivity contribution >= 4 is 28.6 Å². The van der Waals surface area contributed by atoms with E-state index >= 15 is 0 Å². The van der Waals surface area contributed by atoms with Crippen molar-refractivity contribution in [2.24, 2.45) is 5.84 Å². The summed E-state index contributed by atoms with van der Waals surface area (Å²) in [7, 11) is 1.53. The molecule has 0 atom stereocenters. The first kappa shape index (κ1) is 13.1. The first-order valence-corrected chi connectivity index (χ1v) is 6.47. The zero-order valence-corrected chi connectivity index (χ0v) is 11.3. The van der Waals surface area contributed by atoms with Gasteiger partial charge in [-0.2, -0.15) is 0 Å². The van der Waals surface area contributed by atoms with Gasteiger partial charge in [0.15, 0.2) is 11.6 Å². The predicted molar refractivity (Wildman–Crippen MR) is 72.7 cm³/mol. The lowest BCUT2D eigenvalue weighted by atomic mass is 10.2. The number of anilines is 1. The van der Waals surface area contributed by atoms with Crippen molar-refractivity contribution in [2.45, 2.75) is 6.61 Å². The number of hydrogen-bond donors (Lipinski definition) is 1. The highest BCUT2D eigenvalue weighted by atomic mass is 35.5. The van der Waals surface area contributed by atoms with Crippen LogP contribution in [0.1, 0.15) is 4.88 Å². The van der Waals surface area contributed by atoms with E-state index in [1.54, 1.807) is 11.3 Å². The topological polar surface area (TPSA) is 38.5 Å².